The van der Waals surface area contributed by atoms with Gasteiger partial charge in [0, 0.05) is 38.9 Å². The molecule has 0 aliphatic carbocycles. The molecule has 1 fully saturated rings. The molecule has 2 aromatic heterocycles. The fraction of sp³-hybridized carbons (Fsp3) is 0.391. The average molecular weight is 473 g/mol. The van der Waals surface area contributed by atoms with E-state index in [4.69, 9.17) is 9.72 Å². The molecule has 0 radical (unpaired) electrons. The number of halogens is 2. The zero-order valence-corrected chi connectivity index (χ0v) is 19.2. The number of rotatable bonds is 6. The molecule has 4 heterocycles. The quantitative estimate of drug-likeness (QED) is 0.557. The number of morpholine rings is 1. The molecule has 10 heteroatoms. The smallest absolute Gasteiger partial charge is 0.190 e. The summed E-state index contributed by atoms with van der Waals surface area (Å²) in [5.74, 6) is -0.404. The van der Waals surface area contributed by atoms with E-state index in [1.165, 1.54) is 29.0 Å². The molecule has 0 bridgehead atoms. The minimum atomic E-state index is -0.579. The fourth-order valence-corrected chi connectivity index (χ4v) is 5.09. The van der Waals surface area contributed by atoms with Gasteiger partial charge in [-0.2, -0.15) is 0 Å². The maximum absolute atomic E-state index is 14.2. The van der Waals surface area contributed by atoms with Crippen LogP contribution in [0.1, 0.15) is 17.7 Å². The fourth-order valence-electron chi connectivity index (χ4n) is 4.13. The maximum atomic E-state index is 14.2. The normalized spacial score (nSPS) is 18.5. The number of pyridine rings is 1. The largest absolute Gasteiger partial charge is 0.379 e. The number of fused-ring (bicyclic) bond motifs is 1. The third kappa shape index (κ3) is 5.07. The molecule has 0 amide bonds. The summed E-state index contributed by atoms with van der Waals surface area (Å²) in [4.78, 5) is 13.4. The number of nitrogens with zero attached hydrogens (tertiary/aromatic N) is 4. The molecule has 1 aromatic carbocycles. The van der Waals surface area contributed by atoms with E-state index < -0.39 is 11.6 Å². The number of anilines is 4. The predicted molar refractivity (Wildman–Crippen MR) is 126 cm³/mol. The second-order valence-corrected chi connectivity index (χ2v) is 9.26. The number of nitrogens with one attached hydrogen (secondary N) is 2. The summed E-state index contributed by atoms with van der Waals surface area (Å²) in [6.07, 6.45) is 3.32. The molecule has 7 nitrogen and oxygen atoms in total. The van der Waals surface area contributed by atoms with E-state index in [1.807, 2.05) is 19.3 Å². The van der Waals surface area contributed by atoms with Crippen molar-refractivity contribution in [3.63, 3.8) is 0 Å². The van der Waals surface area contributed by atoms with Crippen LogP contribution in [-0.4, -0.2) is 54.4 Å². The van der Waals surface area contributed by atoms with E-state index in [2.05, 4.69) is 26.6 Å². The molecule has 2 aliphatic heterocycles. The lowest BCUT2D eigenvalue weighted by Crippen LogP contribution is -2.41. The van der Waals surface area contributed by atoms with Crippen molar-refractivity contribution in [3.8, 4) is 0 Å². The van der Waals surface area contributed by atoms with Crippen molar-refractivity contribution in [1.82, 2.24) is 14.9 Å². The molecule has 0 saturated carbocycles. The van der Waals surface area contributed by atoms with Crippen LogP contribution < -0.4 is 15.5 Å². The predicted octanol–water partition coefficient (Wildman–Crippen LogP) is 4.21. The lowest BCUT2D eigenvalue weighted by molar-refractivity contribution is 0.0341. The summed E-state index contributed by atoms with van der Waals surface area (Å²) in [5.41, 5.74) is 2.51. The van der Waals surface area contributed by atoms with Gasteiger partial charge in [-0.3, -0.25) is 4.90 Å². The van der Waals surface area contributed by atoms with Gasteiger partial charge in [-0.15, -0.1) is 0 Å². The number of aryl methyl sites for hydroxylation is 1. The molecule has 2 N–H and O–H groups in total. The van der Waals surface area contributed by atoms with Gasteiger partial charge >= 0.3 is 0 Å². The number of aromatic nitrogens is 2. The topological polar surface area (TPSA) is 65.6 Å². The first-order chi connectivity index (χ1) is 16.0. The Labute approximate surface area is 195 Å². The third-order valence-electron chi connectivity index (χ3n) is 5.98. The molecular formula is C23H26F2N6OS. The summed E-state index contributed by atoms with van der Waals surface area (Å²) in [6, 6.07) is 7.71. The number of thiazole rings is 1. The van der Waals surface area contributed by atoms with Crippen LogP contribution in [0.5, 0.6) is 0 Å². The highest BCUT2D eigenvalue weighted by atomic mass is 32.1. The molecule has 174 valence electrons. The van der Waals surface area contributed by atoms with Crippen LogP contribution in [0.3, 0.4) is 0 Å². The summed E-state index contributed by atoms with van der Waals surface area (Å²) < 4.78 is 32.9. The Balaban J connectivity index is 1.22. The van der Waals surface area contributed by atoms with Crippen molar-refractivity contribution < 1.29 is 13.5 Å². The van der Waals surface area contributed by atoms with Crippen molar-refractivity contribution in [2.24, 2.45) is 0 Å². The average Bonchev–Trinajstić information content (AvgIpc) is 3.22. The standard InChI is InChI=1S/C23H26F2N6OS/c1-30(19-5-3-16(24)12-17(19)25)21-7-4-18-22(29-21)33-23(27-18)28-20-6-2-15(13-26-20)14-31-8-10-32-11-9-31/h2-3,5-6,12-13,21,29H,4,7-11,14H2,1H3,(H,26,27,28). The molecule has 2 aliphatic rings. The maximum Gasteiger partial charge on any atom is 0.190 e. The van der Waals surface area contributed by atoms with Crippen LogP contribution in [-0.2, 0) is 17.7 Å². The highest BCUT2D eigenvalue weighted by Crippen LogP contribution is 2.36. The summed E-state index contributed by atoms with van der Waals surface area (Å²) in [6.45, 7) is 4.33. The van der Waals surface area contributed by atoms with Crippen molar-refractivity contribution in [1.29, 1.82) is 0 Å². The number of hydrogen-bond acceptors (Lipinski definition) is 8. The van der Waals surface area contributed by atoms with Gasteiger partial charge < -0.3 is 20.3 Å². The van der Waals surface area contributed by atoms with E-state index in [1.54, 1.807) is 4.90 Å². The van der Waals surface area contributed by atoms with E-state index in [0.29, 0.717) is 5.69 Å². The number of ether oxygens (including phenoxy) is 1. The zero-order valence-electron chi connectivity index (χ0n) is 18.4. The Morgan fingerprint density at radius 2 is 2.09 bits per heavy atom. The first-order valence-electron chi connectivity index (χ1n) is 11.0. The molecular weight excluding hydrogens is 446 g/mol. The van der Waals surface area contributed by atoms with Crippen LogP contribution in [0.25, 0.3) is 0 Å². The molecule has 1 saturated heterocycles. The number of benzene rings is 1. The molecule has 1 atom stereocenters. The first kappa shape index (κ1) is 22.0. The van der Waals surface area contributed by atoms with Crippen LogP contribution >= 0.6 is 11.3 Å². The summed E-state index contributed by atoms with van der Waals surface area (Å²) >= 11 is 1.51. The van der Waals surface area contributed by atoms with Gasteiger partial charge in [0.1, 0.15) is 22.5 Å². The van der Waals surface area contributed by atoms with Crippen molar-refractivity contribution in [3.05, 3.63) is 59.4 Å². The van der Waals surface area contributed by atoms with Crippen molar-refractivity contribution in [2.45, 2.75) is 25.6 Å². The van der Waals surface area contributed by atoms with Gasteiger partial charge in [-0.1, -0.05) is 17.4 Å². The third-order valence-corrected chi connectivity index (χ3v) is 6.92. The highest BCUT2D eigenvalue weighted by molar-refractivity contribution is 7.19. The van der Waals surface area contributed by atoms with Crippen molar-refractivity contribution in [2.75, 3.05) is 48.9 Å². The van der Waals surface area contributed by atoms with Crippen LogP contribution in [0.15, 0.2) is 36.5 Å². The van der Waals surface area contributed by atoms with Crippen LogP contribution in [0.2, 0.25) is 0 Å². The Kier molecular flexibility index (Phi) is 6.39. The summed E-state index contributed by atoms with van der Waals surface area (Å²) in [7, 11) is 1.81. The van der Waals surface area contributed by atoms with Crippen LogP contribution in [0.4, 0.5) is 30.4 Å². The van der Waals surface area contributed by atoms with E-state index in [-0.39, 0.29) is 6.17 Å². The Morgan fingerprint density at radius 3 is 2.85 bits per heavy atom. The molecule has 5 rings (SSSR count). The Morgan fingerprint density at radius 1 is 1.24 bits per heavy atom. The van der Waals surface area contributed by atoms with Crippen LogP contribution in [0, 0.1) is 11.6 Å². The number of hydrogen-bond donors (Lipinski definition) is 2. The molecule has 1 unspecified atom stereocenters. The lowest BCUT2D eigenvalue weighted by Gasteiger charge is -2.33. The van der Waals surface area contributed by atoms with Gasteiger partial charge in [0.2, 0.25) is 0 Å². The Hall–Kier alpha value is -2.82. The summed E-state index contributed by atoms with van der Waals surface area (Å²) in [5, 5.41) is 8.45. The molecule has 0 spiro atoms. The highest BCUT2D eigenvalue weighted by Gasteiger charge is 2.26. The lowest BCUT2D eigenvalue weighted by atomic mass is 10.1. The van der Waals surface area contributed by atoms with Gasteiger partial charge in [0.25, 0.3) is 0 Å². The van der Waals surface area contributed by atoms with Gasteiger partial charge in [-0.25, -0.2) is 18.7 Å². The van der Waals surface area contributed by atoms with Crippen molar-refractivity contribution >= 4 is 33.0 Å². The zero-order chi connectivity index (χ0) is 22.8. The van der Waals surface area contributed by atoms with E-state index >= 15 is 0 Å². The minimum absolute atomic E-state index is 0.108. The monoisotopic (exact) mass is 472 g/mol. The van der Waals surface area contributed by atoms with Gasteiger partial charge in [-0.05, 0) is 36.6 Å². The minimum Gasteiger partial charge on any atom is -0.379 e. The second-order valence-electron chi connectivity index (χ2n) is 8.27. The molecule has 3 aromatic rings. The second kappa shape index (κ2) is 9.58. The van der Waals surface area contributed by atoms with Gasteiger partial charge in [0.15, 0.2) is 5.13 Å². The van der Waals surface area contributed by atoms with E-state index in [9.17, 15) is 8.78 Å². The Bertz CT molecular complexity index is 1100. The first-order valence-corrected chi connectivity index (χ1v) is 11.8. The van der Waals surface area contributed by atoms with E-state index in [0.717, 1.165) is 73.4 Å². The molecule has 33 heavy (non-hydrogen) atoms. The van der Waals surface area contributed by atoms with Gasteiger partial charge in [0.05, 0.1) is 30.8 Å². The SMILES string of the molecule is CN(c1ccc(F)cc1F)C1CCc2nc(Nc3ccc(CN4CCOCC4)cn3)sc2N1.